The number of carbonyl (C=O) groups excluding carboxylic acids is 2. The molecule has 2 aromatic heterocycles. The molecule has 2 atom stereocenters. The van der Waals surface area contributed by atoms with Gasteiger partial charge in [-0.05, 0) is 54.3 Å². The standard InChI is InChI=1S/C28H22N2O3S/c31-23-17-19(24-12-6-14-33-24)16-21-26(23)27(25-13-7-15-34-25)30(22-11-5-4-10-20(22)29-21)28(32)18-8-2-1-3-9-18/h1-15,19,27,29H,16-17H2/t19-,27-/m0/s1. The first kappa shape index (κ1) is 20.7. The van der Waals surface area contributed by atoms with Crippen LogP contribution in [0.4, 0.5) is 11.4 Å². The third kappa shape index (κ3) is 3.47. The van der Waals surface area contributed by atoms with Gasteiger partial charge in [0.1, 0.15) is 11.8 Å². The first-order valence-electron chi connectivity index (χ1n) is 11.3. The molecule has 168 valence electrons. The van der Waals surface area contributed by atoms with E-state index in [1.54, 1.807) is 22.5 Å². The summed E-state index contributed by atoms with van der Waals surface area (Å²) in [4.78, 5) is 30.5. The highest BCUT2D eigenvalue weighted by Crippen LogP contribution is 2.48. The number of nitrogens with one attached hydrogen (secondary N) is 1. The molecule has 2 aromatic carbocycles. The number of para-hydroxylation sites is 2. The van der Waals surface area contributed by atoms with Gasteiger partial charge in [-0.2, -0.15) is 0 Å². The van der Waals surface area contributed by atoms with Gasteiger partial charge >= 0.3 is 0 Å². The predicted octanol–water partition coefficient (Wildman–Crippen LogP) is 6.56. The van der Waals surface area contributed by atoms with Crippen molar-refractivity contribution in [2.24, 2.45) is 0 Å². The monoisotopic (exact) mass is 466 g/mol. The molecule has 1 amide bonds. The van der Waals surface area contributed by atoms with Crippen molar-refractivity contribution < 1.29 is 14.0 Å². The van der Waals surface area contributed by atoms with Crippen molar-refractivity contribution >= 4 is 34.4 Å². The molecular weight excluding hydrogens is 444 g/mol. The highest BCUT2D eigenvalue weighted by atomic mass is 32.1. The molecular formula is C28H22N2O3S. The normalized spacial score (nSPS) is 19.8. The summed E-state index contributed by atoms with van der Waals surface area (Å²) in [7, 11) is 0. The van der Waals surface area contributed by atoms with Crippen molar-refractivity contribution in [3.63, 3.8) is 0 Å². The molecule has 5 nitrogen and oxygen atoms in total. The van der Waals surface area contributed by atoms with Crippen LogP contribution in [0.3, 0.4) is 0 Å². The topological polar surface area (TPSA) is 62.6 Å². The molecule has 6 rings (SSSR count). The molecule has 0 radical (unpaired) electrons. The Balaban J connectivity index is 1.56. The van der Waals surface area contributed by atoms with Crippen molar-refractivity contribution in [2.75, 3.05) is 10.2 Å². The molecule has 1 aliphatic carbocycles. The fourth-order valence-corrected chi connectivity index (χ4v) is 5.80. The van der Waals surface area contributed by atoms with Gasteiger partial charge in [-0.3, -0.25) is 14.5 Å². The van der Waals surface area contributed by atoms with E-state index >= 15 is 0 Å². The number of fused-ring (bicyclic) bond motifs is 1. The molecule has 2 aliphatic rings. The molecule has 3 heterocycles. The minimum absolute atomic E-state index is 0.0345. The zero-order valence-electron chi connectivity index (χ0n) is 18.3. The first-order chi connectivity index (χ1) is 16.7. The number of carbonyl (C=O) groups is 2. The zero-order chi connectivity index (χ0) is 23.1. The lowest BCUT2D eigenvalue weighted by Crippen LogP contribution is -2.38. The second-order valence-electron chi connectivity index (χ2n) is 8.54. The minimum atomic E-state index is -0.510. The van der Waals surface area contributed by atoms with E-state index in [-0.39, 0.29) is 17.6 Å². The van der Waals surface area contributed by atoms with Gasteiger partial charge < -0.3 is 9.73 Å². The van der Waals surface area contributed by atoms with Crippen molar-refractivity contribution in [2.45, 2.75) is 24.8 Å². The lowest BCUT2D eigenvalue weighted by atomic mass is 9.81. The van der Waals surface area contributed by atoms with Crippen LogP contribution < -0.4 is 10.2 Å². The summed E-state index contributed by atoms with van der Waals surface area (Å²) in [6, 6.07) is 24.3. The molecule has 0 unspecified atom stereocenters. The Bertz CT molecular complexity index is 1370. The van der Waals surface area contributed by atoms with E-state index in [4.69, 9.17) is 4.42 Å². The second kappa shape index (κ2) is 8.47. The van der Waals surface area contributed by atoms with Crippen molar-refractivity contribution in [1.29, 1.82) is 0 Å². The summed E-state index contributed by atoms with van der Waals surface area (Å²) < 4.78 is 5.65. The van der Waals surface area contributed by atoms with E-state index in [0.29, 0.717) is 24.0 Å². The van der Waals surface area contributed by atoms with E-state index in [2.05, 4.69) is 5.32 Å². The lowest BCUT2D eigenvalue weighted by Gasteiger charge is -2.34. The average Bonchev–Trinajstić information content (AvgIpc) is 3.57. The van der Waals surface area contributed by atoms with Crippen LogP contribution in [0.2, 0.25) is 0 Å². The van der Waals surface area contributed by atoms with Crippen LogP contribution in [0.25, 0.3) is 0 Å². The zero-order valence-corrected chi connectivity index (χ0v) is 19.1. The largest absolute Gasteiger partial charge is 0.469 e. The highest BCUT2D eigenvalue weighted by Gasteiger charge is 2.42. The molecule has 0 saturated carbocycles. The molecule has 0 bridgehead atoms. The maximum Gasteiger partial charge on any atom is 0.259 e. The van der Waals surface area contributed by atoms with E-state index in [1.807, 2.05) is 84.2 Å². The third-order valence-electron chi connectivity index (χ3n) is 6.49. The van der Waals surface area contributed by atoms with Crippen LogP contribution >= 0.6 is 11.3 Å². The van der Waals surface area contributed by atoms with Crippen LogP contribution in [-0.2, 0) is 4.79 Å². The predicted molar refractivity (Wildman–Crippen MR) is 133 cm³/mol. The molecule has 0 saturated heterocycles. The van der Waals surface area contributed by atoms with Gasteiger partial charge in [0, 0.05) is 34.0 Å². The number of hydrogen-bond donors (Lipinski definition) is 1. The van der Waals surface area contributed by atoms with Crippen molar-refractivity contribution in [3.05, 3.63) is 118 Å². The van der Waals surface area contributed by atoms with Crippen LogP contribution in [-0.4, -0.2) is 11.7 Å². The highest BCUT2D eigenvalue weighted by molar-refractivity contribution is 7.10. The Morgan fingerprint density at radius 2 is 1.76 bits per heavy atom. The number of hydrogen-bond acceptors (Lipinski definition) is 5. The van der Waals surface area contributed by atoms with Gasteiger partial charge in [-0.25, -0.2) is 0 Å². The number of furan rings is 1. The first-order valence-corrected chi connectivity index (χ1v) is 12.2. The molecule has 6 heteroatoms. The van der Waals surface area contributed by atoms with E-state index in [0.717, 1.165) is 27.7 Å². The van der Waals surface area contributed by atoms with Crippen molar-refractivity contribution in [1.82, 2.24) is 0 Å². The van der Waals surface area contributed by atoms with Crippen LogP contribution in [0, 0.1) is 0 Å². The number of Topliss-reactive ketones (excluding diaryl/α,β-unsaturated/α-hetero) is 1. The Hall–Kier alpha value is -3.90. The summed E-state index contributed by atoms with van der Waals surface area (Å²) in [6.45, 7) is 0. The molecule has 0 spiro atoms. The van der Waals surface area contributed by atoms with Crippen LogP contribution in [0.5, 0.6) is 0 Å². The van der Waals surface area contributed by atoms with E-state index in [1.165, 1.54) is 0 Å². The Kier molecular flexibility index (Phi) is 5.15. The van der Waals surface area contributed by atoms with Gasteiger partial charge in [0.05, 0.1) is 17.6 Å². The fraction of sp³-hybridized carbons (Fsp3) is 0.143. The van der Waals surface area contributed by atoms with E-state index < -0.39 is 6.04 Å². The Morgan fingerprint density at radius 1 is 0.941 bits per heavy atom. The minimum Gasteiger partial charge on any atom is -0.469 e. The molecule has 1 aliphatic heterocycles. The number of ketones is 1. The Labute approximate surface area is 201 Å². The maximum absolute atomic E-state index is 14.0. The number of thiophene rings is 1. The summed E-state index contributed by atoms with van der Waals surface area (Å²) >= 11 is 1.56. The second-order valence-corrected chi connectivity index (χ2v) is 9.52. The third-order valence-corrected chi connectivity index (χ3v) is 7.41. The summed E-state index contributed by atoms with van der Waals surface area (Å²) in [5.74, 6) is 0.667. The summed E-state index contributed by atoms with van der Waals surface area (Å²) in [6.07, 6.45) is 2.63. The molecule has 0 fully saturated rings. The number of allylic oxidation sites excluding steroid dienone is 1. The van der Waals surface area contributed by atoms with Gasteiger partial charge in [0.2, 0.25) is 0 Å². The molecule has 1 N–H and O–H groups in total. The van der Waals surface area contributed by atoms with Crippen LogP contribution in [0.15, 0.2) is 106 Å². The van der Waals surface area contributed by atoms with Crippen molar-refractivity contribution in [3.8, 4) is 0 Å². The van der Waals surface area contributed by atoms with Gasteiger partial charge in [0.15, 0.2) is 5.78 Å². The number of anilines is 2. The fourth-order valence-electron chi connectivity index (χ4n) is 4.97. The lowest BCUT2D eigenvalue weighted by molar-refractivity contribution is -0.116. The summed E-state index contributed by atoms with van der Waals surface area (Å²) in [5.41, 5.74) is 3.66. The van der Waals surface area contributed by atoms with Gasteiger partial charge in [0.25, 0.3) is 5.91 Å². The van der Waals surface area contributed by atoms with Crippen LogP contribution in [0.1, 0.15) is 45.8 Å². The number of benzene rings is 2. The SMILES string of the molecule is O=C1C[C@@H](c2ccco2)CC2=C1[C@H](c1cccs1)N(C(=O)c1ccccc1)c1ccccc1N2. The molecule has 34 heavy (non-hydrogen) atoms. The smallest absolute Gasteiger partial charge is 0.259 e. The average molecular weight is 467 g/mol. The molecule has 4 aromatic rings. The number of amides is 1. The van der Waals surface area contributed by atoms with E-state index in [9.17, 15) is 9.59 Å². The summed E-state index contributed by atoms with van der Waals surface area (Å²) in [5, 5.41) is 5.53. The quantitative estimate of drug-likeness (QED) is 0.372. The number of rotatable bonds is 3. The maximum atomic E-state index is 14.0. The Morgan fingerprint density at radius 3 is 2.53 bits per heavy atom. The van der Waals surface area contributed by atoms with Gasteiger partial charge in [-0.15, -0.1) is 11.3 Å². The van der Waals surface area contributed by atoms with Gasteiger partial charge in [-0.1, -0.05) is 36.4 Å². The number of nitrogens with zero attached hydrogens (tertiary/aromatic N) is 1.